The van der Waals surface area contributed by atoms with E-state index in [9.17, 15) is 0 Å². The van der Waals surface area contributed by atoms with Gasteiger partial charge in [0.25, 0.3) is 0 Å². The van der Waals surface area contributed by atoms with Gasteiger partial charge >= 0.3 is 0 Å². The van der Waals surface area contributed by atoms with Crippen LogP contribution in [0.1, 0.15) is 19.3 Å². The van der Waals surface area contributed by atoms with Crippen LogP contribution in [0.3, 0.4) is 0 Å². The van der Waals surface area contributed by atoms with E-state index in [1.165, 1.54) is 45.4 Å². The normalized spacial score (nSPS) is 42.0. The lowest BCUT2D eigenvalue weighted by atomic mass is 10.00. The van der Waals surface area contributed by atoms with E-state index >= 15 is 0 Å². The maximum atomic E-state index is 3.60. The third-order valence-electron chi connectivity index (χ3n) is 3.52. The summed E-state index contributed by atoms with van der Waals surface area (Å²) < 4.78 is 0. The van der Waals surface area contributed by atoms with Gasteiger partial charge in [-0.2, -0.15) is 0 Å². The summed E-state index contributed by atoms with van der Waals surface area (Å²) in [5, 5.41) is 3.60. The Hall–Kier alpha value is -0.0800. The second-order valence-electron chi connectivity index (χ2n) is 4.87. The molecule has 0 aromatic rings. The lowest BCUT2D eigenvalue weighted by Gasteiger charge is -2.30. The minimum Gasteiger partial charge on any atom is -0.312 e. The Morgan fingerprint density at radius 3 is 2.92 bits per heavy atom. The van der Waals surface area contributed by atoms with Gasteiger partial charge in [-0.1, -0.05) is 0 Å². The molecule has 0 aromatic heterocycles. The number of likely N-dealkylation sites (tertiary alicyclic amines) is 1. The summed E-state index contributed by atoms with van der Waals surface area (Å²) >= 11 is 0. The van der Waals surface area contributed by atoms with Gasteiger partial charge in [0.1, 0.15) is 0 Å². The Kier molecular flexibility index (Phi) is 1.66. The van der Waals surface area contributed by atoms with Crippen molar-refractivity contribution in [3.63, 3.8) is 0 Å². The predicted molar refractivity (Wildman–Crippen MR) is 49.1 cm³/mol. The molecule has 2 bridgehead atoms. The quantitative estimate of drug-likeness (QED) is 0.649. The van der Waals surface area contributed by atoms with E-state index in [1.807, 2.05) is 0 Å². The third-order valence-corrected chi connectivity index (χ3v) is 3.52. The largest absolute Gasteiger partial charge is 0.312 e. The Labute approximate surface area is 74.3 Å². The standard InChI is InChI=1S/C10H18N2/c1-2-8(1)5-12-6-9-3-10(7-12)11-4-9/h8-11H,1-7H2. The summed E-state index contributed by atoms with van der Waals surface area (Å²) in [7, 11) is 0. The van der Waals surface area contributed by atoms with E-state index in [0.29, 0.717) is 0 Å². The van der Waals surface area contributed by atoms with Crippen molar-refractivity contribution in [3.8, 4) is 0 Å². The molecule has 68 valence electrons. The molecule has 0 radical (unpaired) electrons. The van der Waals surface area contributed by atoms with Gasteiger partial charge in [0, 0.05) is 25.7 Å². The number of hydrogen-bond acceptors (Lipinski definition) is 2. The smallest absolute Gasteiger partial charge is 0.0198 e. The molecule has 2 atom stereocenters. The average molecular weight is 166 g/mol. The fourth-order valence-electron chi connectivity index (χ4n) is 2.75. The first-order valence-corrected chi connectivity index (χ1v) is 5.36. The van der Waals surface area contributed by atoms with Crippen LogP contribution in [0.4, 0.5) is 0 Å². The van der Waals surface area contributed by atoms with Crippen molar-refractivity contribution >= 4 is 0 Å². The highest BCUT2D eigenvalue weighted by Gasteiger charge is 2.34. The molecule has 1 saturated carbocycles. The van der Waals surface area contributed by atoms with E-state index in [4.69, 9.17) is 0 Å². The maximum absolute atomic E-state index is 3.60. The number of nitrogens with one attached hydrogen (secondary N) is 1. The minimum absolute atomic E-state index is 0.836. The second kappa shape index (κ2) is 2.71. The topological polar surface area (TPSA) is 15.3 Å². The second-order valence-corrected chi connectivity index (χ2v) is 4.87. The number of fused-ring (bicyclic) bond motifs is 2. The Bertz CT molecular complexity index is 165. The zero-order valence-electron chi connectivity index (χ0n) is 7.63. The number of rotatable bonds is 2. The first-order chi connectivity index (χ1) is 5.90. The maximum Gasteiger partial charge on any atom is 0.0198 e. The van der Waals surface area contributed by atoms with Crippen LogP contribution in [0.2, 0.25) is 0 Å². The highest BCUT2D eigenvalue weighted by atomic mass is 15.2. The number of piperidine rings is 1. The molecule has 3 rings (SSSR count). The van der Waals surface area contributed by atoms with E-state index in [-0.39, 0.29) is 0 Å². The van der Waals surface area contributed by atoms with Gasteiger partial charge in [0.2, 0.25) is 0 Å². The number of nitrogens with zero attached hydrogens (tertiary/aromatic N) is 1. The highest BCUT2D eigenvalue weighted by Crippen LogP contribution is 2.32. The summed E-state index contributed by atoms with van der Waals surface area (Å²) in [4.78, 5) is 2.69. The van der Waals surface area contributed by atoms with E-state index < -0.39 is 0 Å². The van der Waals surface area contributed by atoms with Gasteiger partial charge in [-0.15, -0.1) is 0 Å². The van der Waals surface area contributed by atoms with Crippen molar-refractivity contribution in [2.45, 2.75) is 25.3 Å². The molecular weight excluding hydrogens is 148 g/mol. The molecule has 0 spiro atoms. The molecule has 2 heteroatoms. The lowest BCUT2D eigenvalue weighted by molar-refractivity contribution is 0.186. The van der Waals surface area contributed by atoms with Crippen LogP contribution < -0.4 is 5.32 Å². The van der Waals surface area contributed by atoms with Crippen LogP contribution >= 0.6 is 0 Å². The Morgan fingerprint density at radius 2 is 2.17 bits per heavy atom. The Morgan fingerprint density at radius 1 is 1.25 bits per heavy atom. The molecule has 2 unspecified atom stereocenters. The van der Waals surface area contributed by atoms with E-state index in [1.54, 1.807) is 0 Å². The van der Waals surface area contributed by atoms with Crippen LogP contribution in [-0.4, -0.2) is 37.1 Å². The van der Waals surface area contributed by atoms with Crippen molar-refractivity contribution in [3.05, 3.63) is 0 Å². The molecule has 12 heavy (non-hydrogen) atoms. The van der Waals surface area contributed by atoms with Crippen molar-refractivity contribution in [2.75, 3.05) is 26.2 Å². The van der Waals surface area contributed by atoms with Gasteiger partial charge < -0.3 is 10.2 Å². The molecule has 2 heterocycles. The zero-order valence-corrected chi connectivity index (χ0v) is 7.63. The Balaban J connectivity index is 1.58. The summed E-state index contributed by atoms with van der Waals surface area (Å²) in [5.74, 6) is 2.05. The van der Waals surface area contributed by atoms with Crippen LogP contribution in [0.5, 0.6) is 0 Å². The summed E-state index contributed by atoms with van der Waals surface area (Å²) in [5.41, 5.74) is 0. The van der Waals surface area contributed by atoms with Crippen LogP contribution in [0.15, 0.2) is 0 Å². The lowest BCUT2D eigenvalue weighted by Crippen LogP contribution is -2.41. The third kappa shape index (κ3) is 1.38. The molecule has 2 nitrogen and oxygen atoms in total. The van der Waals surface area contributed by atoms with Crippen molar-refractivity contribution in [1.82, 2.24) is 10.2 Å². The molecule has 2 saturated heterocycles. The highest BCUT2D eigenvalue weighted by molar-refractivity contribution is 4.92. The summed E-state index contributed by atoms with van der Waals surface area (Å²) in [6.45, 7) is 5.38. The zero-order chi connectivity index (χ0) is 7.97. The molecule has 0 aromatic carbocycles. The molecule has 3 fully saturated rings. The fraction of sp³-hybridized carbons (Fsp3) is 1.00. The molecule has 0 amide bonds. The minimum atomic E-state index is 0.836. The van der Waals surface area contributed by atoms with Gasteiger partial charge in [0.15, 0.2) is 0 Å². The van der Waals surface area contributed by atoms with Crippen molar-refractivity contribution < 1.29 is 0 Å². The molecular formula is C10H18N2. The fourth-order valence-corrected chi connectivity index (χ4v) is 2.75. The number of hydrogen-bond donors (Lipinski definition) is 1. The van der Waals surface area contributed by atoms with Crippen molar-refractivity contribution in [2.24, 2.45) is 11.8 Å². The summed E-state index contributed by atoms with van der Waals surface area (Å²) in [6, 6.07) is 0.836. The monoisotopic (exact) mass is 166 g/mol. The van der Waals surface area contributed by atoms with Gasteiger partial charge in [-0.25, -0.2) is 0 Å². The molecule has 2 aliphatic heterocycles. The van der Waals surface area contributed by atoms with Crippen LogP contribution in [0.25, 0.3) is 0 Å². The van der Waals surface area contributed by atoms with E-state index in [2.05, 4.69) is 10.2 Å². The van der Waals surface area contributed by atoms with Gasteiger partial charge in [-0.3, -0.25) is 0 Å². The van der Waals surface area contributed by atoms with Crippen molar-refractivity contribution in [1.29, 1.82) is 0 Å². The van der Waals surface area contributed by atoms with Gasteiger partial charge in [0.05, 0.1) is 0 Å². The van der Waals surface area contributed by atoms with Gasteiger partial charge in [-0.05, 0) is 37.6 Å². The molecule has 3 aliphatic rings. The van der Waals surface area contributed by atoms with E-state index in [0.717, 1.165) is 17.9 Å². The molecule has 1 N–H and O–H groups in total. The SMILES string of the molecule is C1CC1CN1CC2CNC(C2)C1. The molecule has 1 aliphatic carbocycles. The summed E-state index contributed by atoms with van der Waals surface area (Å²) in [6.07, 6.45) is 4.44. The first-order valence-electron chi connectivity index (χ1n) is 5.36. The van der Waals surface area contributed by atoms with Crippen LogP contribution in [0, 0.1) is 11.8 Å². The average Bonchev–Trinajstić information content (AvgIpc) is 2.79. The predicted octanol–water partition coefficient (Wildman–Crippen LogP) is 0.690. The van der Waals surface area contributed by atoms with Crippen LogP contribution in [-0.2, 0) is 0 Å². The first kappa shape index (κ1) is 7.34.